The van der Waals surface area contributed by atoms with E-state index in [4.69, 9.17) is 33.7 Å². The van der Waals surface area contributed by atoms with E-state index in [-0.39, 0.29) is 0 Å². The maximum Gasteiger partial charge on any atom is 0.199 e. The molecular formula is C23H28ClN5OS. The Morgan fingerprint density at radius 3 is 2.35 bits per heavy atom. The third-order valence-corrected chi connectivity index (χ3v) is 6.26. The molecule has 0 spiro atoms. The molecule has 0 aliphatic carbocycles. The van der Waals surface area contributed by atoms with Crippen LogP contribution in [-0.2, 0) is 13.2 Å². The molecule has 0 atom stereocenters. The average Bonchev–Trinajstić information content (AvgIpc) is 3.04. The van der Waals surface area contributed by atoms with Crippen LogP contribution in [0.15, 0.2) is 54.6 Å². The lowest BCUT2D eigenvalue weighted by atomic mass is 10.2. The molecule has 1 fully saturated rings. The van der Waals surface area contributed by atoms with E-state index in [1.54, 1.807) is 0 Å². The number of hydrogen-bond donors (Lipinski definition) is 0. The zero-order chi connectivity index (χ0) is 21.6. The number of rotatable bonds is 8. The second-order valence-electron chi connectivity index (χ2n) is 7.80. The van der Waals surface area contributed by atoms with Crippen LogP contribution in [0, 0.1) is 11.7 Å². The third-order valence-electron chi connectivity index (χ3n) is 5.58. The van der Waals surface area contributed by atoms with Gasteiger partial charge in [-0.25, -0.2) is 4.68 Å². The first-order chi connectivity index (χ1) is 15.1. The first-order valence-corrected chi connectivity index (χ1v) is 11.4. The van der Waals surface area contributed by atoms with E-state index in [0.717, 1.165) is 67.3 Å². The van der Waals surface area contributed by atoms with Crippen LogP contribution in [0.25, 0.3) is 0 Å². The molecule has 2 aromatic carbocycles. The number of halogens is 1. The summed E-state index contributed by atoms with van der Waals surface area (Å²) in [5.41, 5.74) is 1.23. The van der Waals surface area contributed by atoms with E-state index < -0.39 is 0 Å². The van der Waals surface area contributed by atoms with E-state index in [1.807, 2.05) is 41.9 Å². The van der Waals surface area contributed by atoms with Crippen molar-refractivity contribution in [2.75, 3.05) is 39.3 Å². The van der Waals surface area contributed by atoms with E-state index in [1.165, 1.54) is 5.56 Å². The molecular weight excluding hydrogens is 430 g/mol. The first-order valence-electron chi connectivity index (χ1n) is 10.6. The Hall–Kier alpha value is -2.19. The fraction of sp³-hybridized carbons (Fsp3) is 0.391. The van der Waals surface area contributed by atoms with Crippen LogP contribution >= 0.6 is 23.8 Å². The van der Waals surface area contributed by atoms with Crippen LogP contribution in [0.3, 0.4) is 0 Å². The molecule has 0 saturated carbocycles. The predicted octanol–water partition coefficient (Wildman–Crippen LogP) is 4.08. The summed E-state index contributed by atoms with van der Waals surface area (Å²) >= 11 is 11.6. The van der Waals surface area contributed by atoms with Crippen LogP contribution in [-0.4, -0.2) is 63.5 Å². The Balaban J connectivity index is 1.25. The lowest BCUT2D eigenvalue weighted by Crippen LogP contribution is -2.47. The number of aryl methyl sites for hydroxylation is 1. The fourth-order valence-electron chi connectivity index (χ4n) is 3.76. The topological polar surface area (TPSA) is 38.5 Å². The quantitative estimate of drug-likeness (QED) is 0.476. The second kappa shape index (κ2) is 10.4. The molecule has 1 saturated heterocycles. The minimum Gasteiger partial charge on any atom is -0.492 e. The van der Waals surface area contributed by atoms with E-state index >= 15 is 0 Å². The molecule has 1 aliphatic rings. The maximum absolute atomic E-state index is 5.91. The second-order valence-corrected chi connectivity index (χ2v) is 8.61. The molecule has 0 amide bonds. The van der Waals surface area contributed by atoms with Gasteiger partial charge in [0.25, 0.3) is 0 Å². The van der Waals surface area contributed by atoms with Crippen molar-refractivity contribution in [3.8, 4) is 5.75 Å². The van der Waals surface area contributed by atoms with Gasteiger partial charge in [-0.05, 0) is 49.0 Å². The van der Waals surface area contributed by atoms with Crippen LogP contribution in [0.4, 0.5) is 0 Å². The van der Waals surface area contributed by atoms with Crippen molar-refractivity contribution in [3.05, 3.63) is 75.8 Å². The van der Waals surface area contributed by atoms with Crippen molar-refractivity contribution in [1.29, 1.82) is 0 Å². The van der Waals surface area contributed by atoms with Gasteiger partial charge in [0.2, 0.25) is 0 Å². The standard InChI is InChI=1S/C23H28ClN5OS/c1-19-25-29(23(31)28(19)17-20-5-3-2-4-6-20)18-27-13-11-26(12-14-27)15-16-30-22-9-7-21(24)8-10-22/h2-10H,11-18H2,1H3. The Kier molecular flexibility index (Phi) is 7.40. The van der Waals surface area contributed by atoms with Crippen molar-refractivity contribution in [2.45, 2.75) is 20.1 Å². The molecule has 0 unspecified atom stereocenters. The molecule has 0 radical (unpaired) electrons. The van der Waals surface area contributed by atoms with Crippen molar-refractivity contribution < 1.29 is 4.74 Å². The summed E-state index contributed by atoms with van der Waals surface area (Å²) in [7, 11) is 0. The van der Waals surface area contributed by atoms with Crippen LogP contribution < -0.4 is 4.74 Å². The molecule has 3 aromatic rings. The van der Waals surface area contributed by atoms with Crippen LogP contribution in [0.1, 0.15) is 11.4 Å². The lowest BCUT2D eigenvalue weighted by molar-refractivity contribution is 0.0919. The van der Waals surface area contributed by atoms with Gasteiger partial charge < -0.3 is 4.74 Å². The summed E-state index contributed by atoms with van der Waals surface area (Å²) in [6.07, 6.45) is 0. The lowest BCUT2D eigenvalue weighted by Gasteiger charge is -2.34. The maximum atomic E-state index is 5.91. The normalized spacial score (nSPS) is 15.3. The molecule has 164 valence electrons. The molecule has 1 aromatic heterocycles. The van der Waals surface area contributed by atoms with Gasteiger partial charge in [-0.15, -0.1) is 0 Å². The molecule has 1 aliphatic heterocycles. The summed E-state index contributed by atoms with van der Waals surface area (Å²) in [4.78, 5) is 4.84. The Morgan fingerprint density at radius 1 is 0.968 bits per heavy atom. The van der Waals surface area contributed by atoms with Gasteiger partial charge in [0.05, 0.1) is 13.2 Å². The highest BCUT2D eigenvalue weighted by molar-refractivity contribution is 7.71. The summed E-state index contributed by atoms with van der Waals surface area (Å²) in [6.45, 7) is 9.12. The summed E-state index contributed by atoms with van der Waals surface area (Å²) < 4.78 is 10.7. The minimum absolute atomic E-state index is 0.676. The van der Waals surface area contributed by atoms with Crippen LogP contribution in [0.5, 0.6) is 5.75 Å². The van der Waals surface area contributed by atoms with Crippen molar-refractivity contribution in [3.63, 3.8) is 0 Å². The molecule has 6 nitrogen and oxygen atoms in total. The van der Waals surface area contributed by atoms with Crippen LogP contribution in [0.2, 0.25) is 5.02 Å². The fourth-order valence-corrected chi connectivity index (χ4v) is 4.18. The first kappa shape index (κ1) is 22.0. The molecule has 8 heteroatoms. The van der Waals surface area contributed by atoms with Gasteiger partial charge in [-0.2, -0.15) is 5.10 Å². The third kappa shape index (κ3) is 5.95. The van der Waals surface area contributed by atoms with Gasteiger partial charge in [-0.1, -0.05) is 41.9 Å². The molecule has 2 heterocycles. The van der Waals surface area contributed by atoms with Crippen molar-refractivity contribution >= 4 is 23.8 Å². The highest BCUT2D eigenvalue weighted by Crippen LogP contribution is 2.15. The van der Waals surface area contributed by atoms with E-state index in [9.17, 15) is 0 Å². The smallest absolute Gasteiger partial charge is 0.199 e. The highest BCUT2D eigenvalue weighted by Gasteiger charge is 2.18. The van der Waals surface area contributed by atoms with E-state index in [0.29, 0.717) is 6.61 Å². The molecule has 0 N–H and O–H groups in total. The number of piperazine rings is 1. The summed E-state index contributed by atoms with van der Waals surface area (Å²) in [6, 6.07) is 17.9. The Morgan fingerprint density at radius 2 is 1.65 bits per heavy atom. The number of benzene rings is 2. The zero-order valence-electron chi connectivity index (χ0n) is 17.8. The minimum atomic E-state index is 0.676. The largest absolute Gasteiger partial charge is 0.492 e. The number of hydrogen-bond acceptors (Lipinski definition) is 5. The van der Waals surface area contributed by atoms with Gasteiger partial charge in [0.15, 0.2) is 4.77 Å². The highest BCUT2D eigenvalue weighted by atomic mass is 35.5. The number of nitrogens with zero attached hydrogens (tertiary/aromatic N) is 5. The van der Waals surface area contributed by atoms with Gasteiger partial charge in [0, 0.05) is 37.7 Å². The van der Waals surface area contributed by atoms with Crippen molar-refractivity contribution in [1.82, 2.24) is 24.1 Å². The molecule has 31 heavy (non-hydrogen) atoms. The average molecular weight is 458 g/mol. The monoisotopic (exact) mass is 457 g/mol. The zero-order valence-corrected chi connectivity index (χ0v) is 19.4. The summed E-state index contributed by atoms with van der Waals surface area (Å²) in [5.74, 6) is 1.81. The van der Waals surface area contributed by atoms with Gasteiger partial charge in [-0.3, -0.25) is 14.4 Å². The predicted molar refractivity (Wildman–Crippen MR) is 126 cm³/mol. The molecule has 0 bridgehead atoms. The Labute approximate surface area is 193 Å². The van der Waals surface area contributed by atoms with E-state index in [2.05, 4.69) is 38.6 Å². The van der Waals surface area contributed by atoms with Gasteiger partial charge in [0.1, 0.15) is 18.2 Å². The number of aromatic nitrogens is 3. The van der Waals surface area contributed by atoms with Crippen molar-refractivity contribution in [2.24, 2.45) is 0 Å². The molecule has 4 rings (SSSR count). The Bertz CT molecular complexity index is 1030. The summed E-state index contributed by atoms with van der Waals surface area (Å²) in [5, 5.41) is 5.43. The SMILES string of the molecule is Cc1nn(CN2CCN(CCOc3ccc(Cl)cc3)CC2)c(=S)n1Cc1ccccc1. The van der Waals surface area contributed by atoms with Gasteiger partial charge >= 0.3 is 0 Å². The number of ether oxygens (including phenoxy) is 1.